The quantitative estimate of drug-likeness (QED) is 0.873. The highest BCUT2D eigenvalue weighted by Gasteiger charge is 2.18. The normalized spacial score (nSPS) is 12.5. The van der Waals surface area contributed by atoms with Crippen molar-refractivity contribution in [1.82, 2.24) is 0 Å². The van der Waals surface area contributed by atoms with Crippen LogP contribution in [0.5, 0.6) is 11.5 Å². The summed E-state index contributed by atoms with van der Waals surface area (Å²) in [5.74, 6) is 1.36. The lowest BCUT2D eigenvalue weighted by Gasteiger charge is -2.09. The fourth-order valence-corrected chi connectivity index (χ4v) is 2.69. The van der Waals surface area contributed by atoms with Crippen molar-refractivity contribution in [2.75, 3.05) is 12.1 Å². The summed E-state index contributed by atoms with van der Waals surface area (Å²) >= 11 is 6.18. The Morgan fingerprint density at radius 1 is 1.10 bits per heavy atom. The van der Waals surface area contributed by atoms with E-state index in [2.05, 4.69) is 36.5 Å². The van der Waals surface area contributed by atoms with E-state index >= 15 is 0 Å². The molecule has 0 saturated carbocycles. The minimum atomic E-state index is 0.241. The Hall–Kier alpha value is -1.87. The van der Waals surface area contributed by atoms with Crippen LogP contribution in [-0.4, -0.2) is 6.79 Å². The molecule has 0 amide bonds. The standard InChI is InChI=1S/C17H18ClNO2/c1-2-3-12-4-6-14(7-5-12)19-10-13-8-15(18)17-16(9-13)20-11-21-17/h4-9,19H,2-3,10-11H2,1H3. The van der Waals surface area contributed by atoms with E-state index in [-0.39, 0.29) is 6.79 Å². The predicted octanol–water partition coefficient (Wildman–Crippen LogP) is 4.63. The fourth-order valence-electron chi connectivity index (χ4n) is 2.40. The molecule has 1 aliphatic heterocycles. The largest absolute Gasteiger partial charge is 0.454 e. The number of rotatable bonds is 5. The van der Waals surface area contributed by atoms with Crippen LogP contribution in [-0.2, 0) is 13.0 Å². The SMILES string of the molecule is CCCc1ccc(NCc2cc(Cl)c3c(c2)OCO3)cc1. The number of ether oxygens (including phenoxy) is 2. The van der Waals surface area contributed by atoms with Crippen LogP contribution in [0, 0.1) is 0 Å². The molecule has 1 N–H and O–H groups in total. The van der Waals surface area contributed by atoms with Crippen molar-refractivity contribution in [3.05, 3.63) is 52.5 Å². The van der Waals surface area contributed by atoms with Crippen LogP contribution in [0.2, 0.25) is 5.02 Å². The monoisotopic (exact) mass is 303 g/mol. The second kappa shape index (κ2) is 6.27. The second-order valence-corrected chi connectivity index (χ2v) is 5.52. The average Bonchev–Trinajstić information content (AvgIpc) is 2.96. The van der Waals surface area contributed by atoms with Gasteiger partial charge in [0, 0.05) is 12.2 Å². The summed E-state index contributed by atoms with van der Waals surface area (Å²) in [6.45, 7) is 3.13. The highest BCUT2D eigenvalue weighted by atomic mass is 35.5. The highest BCUT2D eigenvalue weighted by molar-refractivity contribution is 6.32. The summed E-state index contributed by atoms with van der Waals surface area (Å²) in [7, 11) is 0. The molecule has 0 aliphatic carbocycles. The van der Waals surface area contributed by atoms with Crippen molar-refractivity contribution in [2.24, 2.45) is 0 Å². The van der Waals surface area contributed by atoms with Crippen molar-refractivity contribution in [2.45, 2.75) is 26.3 Å². The van der Waals surface area contributed by atoms with E-state index in [0.717, 1.165) is 23.4 Å². The van der Waals surface area contributed by atoms with Gasteiger partial charge in [-0.25, -0.2) is 0 Å². The predicted molar refractivity (Wildman–Crippen MR) is 85.3 cm³/mol. The number of fused-ring (bicyclic) bond motifs is 1. The van der Waals surface area contributed by atoms with Crippen LogP contribution in [0.15, 0.2) is 36.4 Å². The first-order valence-corrected chi connectivity index (χ1v) is 7.55. The first kappa shape index (κ1) is 14.1. The van der Waals surface area contributed by atoms with Gasteiger partial charge < -0.3 is 14.8 Å². The number of anilines is 1. The molecule has 110 valence electrons. The molecule has 0 unspecified atom stereocenters. The second-order valence-electron chi connectivity index (χ2n) is 5.11. The zero-order valence-electron chi connectivity index (χ0n) is 12.0. The van der Waals surface area contributed by atoms with Crippen molar-refractivity contribution >= 4 is 17.3 Å². The maximum absolute atomic E-state index is 6.18. The lowest BCUT2D eigenvalue weighted by atomic mass is 10.1. The number of halogens is 1. The molecule has 1 heterocycles. The Balaban J connectivity index is 1.66. The Kier molecular flexibility index (Phi) is 4.20. The topological polar surface area (TPSA) is 30.5 Å². The van der Waals surface area contributed by atoms with Gasteiger partial charge in [-0.1, -0.05) is 37.1 Å². The van der Waals surface area contributed by atoms with E-state index in [9.17, 15) is 0 Å². The van der Waals surface area contributed by atoms with Crippen molar-refractivity contribution in [3.63, 3.8) is 0 Å². The zero-order chi connectivity index (χ0) is 14.7. The third-order valence-corrected chi connectivity index (χ3v) is 3.76. The average molecular weight is 304 g/mol. The summed E-state index contributed by atoms with van der Waals surface area (Å²) in [4.78, 5) is 0. The number of aryl methyl sites for hydroxylation is 1. The molecule has 3 nitrogen and oxygen atoms in total. The van der Waals surface area contributed by atoms with Crippen molar-refractivity contribution in [1.29, 1.82) is 0 Å². The Bertz CT molecular complexity index is 625. The van der Waals surface area contributed by atoms with Gasteiger partial charge in [-0.15, -0.1) is 0 Å². The van der Waals surface area contributed by atoms with E-state index in [1.807, 2.05) is 12.1 Å². The molecule has 21 heavy (non-hydrogen) atoms. The summed E-state index contributed by atoms with van der Waals surface area (Å²) in [5, 5.41) is 3.99. The third-order valence-electron chi connectivity index (χ3n) is 3.48. The molecule has 0 spiro atoms. The molecule has 0 atom stereocenters. The van der Waals surface area contributed by atoms with Crippen LogP contribution in [0.1, 0.15) is 24.5 Å². The molecule has 0 aromatic heterocycles. The molecule has 1 aliphatic rings. The number of hydrogen-bond acceptors (Lipinski definition) is 3. The van der Waals surface area contributed by atoms with Crippen LogP contribution < -0.4 is 14.8 Å². The smallest absolute Gasteiger partial charge is 0.231 e. The number of hydrogen-bond donors (Lipinski definition) is 1. The van der Waals surface area contributed by atoms with Crippen LogP contribution in [0.4, 0.5) is 5.69 Å². The lowest BCUT2D eigenvalue weighted by molar-refractivity contribution is 0.174. The van der Waals surface area contributed by atoms with Gasteiger partial charge in [0.1, 0.15) is 0 Å². The lowest BCUT2D eigenvalue weighted by Crippen LogP contribution is -1.99. The highest BCUT2D eigenvalue weighted by Crippen LogP contribution is 2.39. The first-order chi connectivity index (χ1) is 10.3. The minimum Gasteiger partial charge on any atom is -0.454 e. The summed E-state index contributed by atoms with van der Waals surface area (Å²) in [6, 6.07) is 12.4. The maximum Gasteiger partial charge on any atom is 0.231 e. The van der Waals surface area contributed by atoms with Crippen LogP contribution in [0.3, 0.4) is 0 Å². The third kappa shape index (κ3) is 3.24. The fraction of sp³-hybridized carbons (Fsp3) is 0.294. The Morgan fingerprint density at radius 3 is 2.67 bits per heavy atom. The molecular weight excluding hydrogens is 286 g/mol. The first-order valence-electron chi connectivity index (χ1n) is 7.17. The number of benzene rings is 2. The van der Waals surface area contributed by atoms with E-state index in [1.165, 1.54) is 12.0 Å². The van der Waals surface area contributed by atoms with Gasteiger partial charge >= 0.3 is 0 Å². The molecule has 2 aromatic carbocycles. The van der Waals surface area contributed by atoms with Crippen molar-refractivity contribution in [3.8, 4) is 11.5 Å². The van der Waals surface area contributed by atoms with Crippen molar-refractivity contribution < 1.29 is 9.47 Å². The molecule has 0 saturated heterocycles. The number of nitrogens with one attached hydrogen (secondary N) is 1. The summed E-state index contributed by atoms with van der Waals surface area (Å²) in [6.07, 6.45) is 2.29. The van der Waals surface area contributed by atoms with E-state index in [4.69, 9.17) is 21.1 Å². The Labute approximate surface area is 129 Å². The molecular formula is C17H18ClNO2. The van der Waals surface area contributed by atoms with E-state index in [1.54, 1.807) is 0 Å². The van der Waals surface area contributed by atoms with Gasteiger partial charge in [-0.2, -0.15) is 0 Å². The van der Waals surface area contributed by atoms with Gasteiger partial charge in [0.2, 0.25) is 6.79 Å². The van der Waals surface area contributed by atoms with Gasteiger partial charge in [0.25, 0.3) is 0 Å². The maximum atomic E-state index is 6.18. The Morgan fingerprint density at radius 2 is 1.90 bits per heavy atom. The van der Waals surface area contributed by atoms with Gasteiger partial charge in [0.05, 0.1) is 5.02 Å². The molecule has 2 aromatic rings. The molecule has 0 radical (unpaired) electrons. The van der Waals surface area contributed by atoms with Gasteiger partial charge in [-0.05, 0) is 41.8 Å². The molecule has 4 heteroatoms. The van der Waals surface area contributed by atoms with E-state index < -0.39 is 0 Å². The van der Waals surface area contributed by atoms with Gasteiger partial charge in [0.15, 0.2) is 11.5 Å². The van der Waals surface area contributed by atoms with Crippen LogP contribution in [0.25, 0.3) is 0 Å². The minimum absolute atomic E-state index is 0.241. The molecule has 3 rings (SSSR count). The molecule has 0 bridgehead atoms. The zero-order valence-corrected chi connectivity index (χ0v) is 12.7. The van der Waals surface area contributed by atoms with E-state index in [0.29, 0.717) is 17.3 Å². The summed E-state index contributed by atoms with van der Waals surface area (Å²) in [5.41, 5.74) is 3.54. The van der Waals surface area contributed by atoms with Crippen LogP contribution >= 0.6 is 11.6 Å². The molecule has 0 fully saturated rings. The van der Waals surface area contributed by atoms with Gasteiger partial charge in [-0.3, -0.25) is 0 Å². The summed E-state index contributed by atoms with van der Waals surface area (Å²) < 4.78 is 10.7.